The van der Waals surface area contributed by atoms with Crippen molar-refractivity contribution in [3.05, 3.63) is 29.3 Å². The Morgan fingerprint density at radius 3 is 2.73 bits per heavy atom. The maximum Gasteiger partial charge on any atom is 0.243 e. The van der Waals surface area contributed by atoms with Gasteiger partial charge in [0.15, 0.2) is 0 Å². The van der Waals surface area contributed by atoms with Crippen LogP contribution in [0.15, 0.2) is 29.2 Å². The third-order valence-corrected chi connectivity index (χ3v) is 5.71. The first-order valence-corrected chi connectivity index (χ1v) is 8.82. The van der Waals surface area contributed by atoms with Crippen LogP contribution in [0, 0.1) is 0 Å². The number of hydrogen-bond acceptors (Lipinski definition) is 4. The molecule has 1 aromatic rings. The smallest absolute Gasteiger partial charge is 0.243 e. The van der Waals surface area contributed by atoms with Crippen molar-refractivity contribution in [1.82, 2.24) is 9.62 Å². The zero-order valence-electron chi connectivity index (χ0n) is 12.3. The molecule has 1 atom stereocenters. The second-order valence-electron chi connectivity index (χ2n) is 5.01. The molecule has 0 saturated carbocycles. The number of benzene rings is 1. The lowest BCUT2D eigenvalue weighted by Gasteiger charge is -2.23. The minimum Gasteiger partial charge on any atom is -0.383 e. The highest BCUT2D eigenvalue weighted by atomic mass is 35.5. The summed E-state index contributed by atoms with van der Waals surface area (Å²) in [6, 6.07) is 5.29. The van der Waals surface area contributed by atoms with Gasteiger partial charge in [0.25, 0.3) is 0 Å². The van der Waals surface area contributed by atoms with Gasteiger partial charge < -0.3 is 10.1 Å². The highest BCUT2D eigenvalue weighted by molar-refractivity contribution is 7.89. The quantitative estimate of drug-likeness (QED) is 0.787. The molecule has 1 aromatic carbocycles. The minimum absolute atomic E-state index is 0.147. The molecule has 22 heavy (non-hydrogen) atoms. The monoisotopic (exact) mass is 346 g/mol. The van der Waals surface area contributed by atoms with Crippen LogP contribution in [0.4, 0.5) is 0 Å². The van der Waals surface area contributed by atoms with E-state index in [9.17, 15) is 13.2 Å². The number of rotatable bonds is 6. The van der Waals surface area contributed by atoms with E-state index in [0.29, 0.717) is 37.6 Å². The first-order chi connectivity index (χ1) is 10.5. The van der Waals surface area contributed by atoms with E-state index < -0.39 is 16.1 Å². The number of halogens is 1. The Balaban J connectivity index is 2.15. The lowest BCUT2D eigenvalue weighted by Crippen LogP contribution is -2.46. The summed E-state index contributed by atoms with van der Waals surface area (Å²) in [7, 11) is -2.16. The van der Waals surface area contributed by atoms with Gasteiger partial charge in [-0.2, -0.15) is 4.31 Å². The van der Waals surface area contributed by atoms with Crippen LogP contribution in [0.3, 0.4) is 0 Å². The summed E-state index contributed by atoms with van der Waals surface area (Å²) in [6.07, 6.45) is 1.18. The number of carbonyl (C=O) groups is 1. The number of hydrogen-bond donors (Lipinski definition) is 1. The minimum atomic E-state index is -3.70. The van der Waals surface area contributed by atoms with Crippen molar-refractivity contribution in [2.45, 2.75) is 23.8 Å². The molecular formula is C14H19ClN2O4S. The standard InChI is InChI=1S/C14H19ClN2O4S/c1-21-10-8-16-14(18)13-3-2-9-17(13)22(19,20)12-6-4-11(15)5-7-12/h4-7,13H,2-3,8-10H2,1H3,(H,16,18)/t13-/m1/s1. The molecule has 1 saturated heterocycles. The zero-order valence-corrected chi connectivity index (χ0v) is 13.9. The van der Waals surface area contributed by atoms with E-state index in [4.69, 9.17) is 16.3 Å². The number of carbonyl (C=O) groups excluding carboxylic acids is 1. The highest BCUT2D eigenvalue weighted by Gasteiger charge is 2.39. The Labute approximate surface area is 135 Å². The SMILES string of the molecule is COCCNC(=O)[C@H]1CCCN1S(=O)(=O)c1ccc(Cl)cc1. The Bertz CT molecular complexity index is 618. The Morgan fingerprint density at radius 1 is 1.41 bits per heavy atom. The summed E-state index contributed by atoms with van der Waals surface area (Å²) in [5, 5.41) is 3.16. The van der Waals surface area contributed by atoms with Crippen LogP contribution in [0.5, 0.6) is 0 Å². The summed E-state index contributed by atoms with van der Waals surface area (Å²) in [4.78, 5) is 12.3. The van der Waals surface area contributed by atoms with Crippen molar-refractivity contribution < 1.29 is 17.9 Å². The predicted molar refractivity (Wildman–Crippen MR) is 83.3 cm³/mol. The lowest BCUT2D eigenvalue weighted by molar-refractivity contribution is -0.124. The molecule has 0 spiro atoms. The van der Waals surface area contributed by atoms with Gasteiger partial charge in [-0.05, 0) is 37.1 Å². The van der Waals surface area contributed by atoms with Crippen molar-refractivity contribution in [1.29, 1.82) is 0 Å². The molecule has 8 heteroatoms. The van der Waals surface area contributed by atoms with Crippen LogP contribution in [0.2, 0.25) is 5.02 Å². The third kappa shape index (κ3) is 3.78. The molecule has 122 valence electrons. The van der Waals surface area contributed by atoms with Gasteiger partial charge >= 0.3 is 0 Å². The lowest BCUT2D eigenvalue weighted by atomic mass is 10.2. The molecule has 2 rings (SSSR count). The van der Waals surface area contributed by atoms with Crippen molar-refractivity contribution in [2.24, 2.45) is 0 Å². The van der Waals surface area contributed by atoms with Crippen LogP contribution in [0.1, 0.15) is 12.8 Å². The second kappa shape index (κ2) is 7.41. The van der Waals surface area contributed by atoms with Crippen LogP contribution >= 0.6 is 11.6 Å². The molecule has 0 bridgehead atoms. The molecule has 1 heterocycles. The Morgan fingerprint density at radius 2 is 2.09 bits per heavy atom. The fraction of sp³-hybridized carbons (Fsp3) is 0.500. The number of sulfonamides is 1. The van der Waals surface area contributed by atoms with Crippen LogP contribution < -0.4 is 5.32 Å². The zero-order chi connectivity index (χ0) is 16.2. The van der Waals surface area contributed by atoms with Crippen molar-refractivity contribution in [2.75, 3.05) is 26.8 Å². The van der Waals surface area contributed by atoms with E-state index in [1.54, 1.807) is 7.11 Å². The molecule has 1 N–H and O–H groups in total. The van der Waals surface area contributed by atoms with Gasteiger partial charge in [0.05, 0.1) is 11.5 Å². The summed E-state index contributed by atoms with van der Waals surface area (Å²) >= 11 is 5.79. The summed E-state index contributed by atoms with van der Waals surface area (Å²) in [5.74, 6) is -0.285. The molecule has 0 unspecified atom stereocenters. The number of nitrogens with one attached hydrogen (secondary N) is 1. The molecule has 0 aromatic heterocycles. The molecule has 0 aliphatic carbocycles. The molecule has 1 aliphatic heterocycles. The van der Waals surface area contributed by atoms with E-state index in [1.165, 1.54) is 28.6 Å². The van der Waals surface area contributed by atoms with E-state index in [0.717, 1.165) is 0 Å². The Kier molecular flexibility index (Phi) is 5.80. The molecule has 0 radical (unpaired) electrons. The Hall–Kier alpha value is -1.15. The van der Waals surface area contributed by atoms with E-state index in [2.05, 4.69) is 5.32 Å². The van der Waals surface area contributed by atoms with Gasteiger partial charge in [-0.15, -0.1) is 0 Å². The van der Waals surface area contributed by atoms with Crippen LogP contribution in [0.25, 0.3) is 0 Å². The van der Waals surface area contributed by atoms with Crippen LogP contribution in [-0.2, 0) is 19.6 Å². The van der Waals surface area contributed by atoms with Gasteiger partial charge in [-0.25, -0.2) is 8.42 Å². The van der Waals surface area contributed by atoms with Crippen LogP contribution in [-0.4, -0.2) is 51.5 Å². The second-order valence-corrected chi connectivity index (χ2v) is 7.34. The number of ether oxygens (including phenoxy) is 1. The van der Waals surface area contributed by atoms with Crippen molar-refractivity contribution >= 4 is 27.5 Å². The fourth-order valence-electron chi connectivity index (χ4n) is 2.43. The number of amides is 1. The predicted octanol–water partition coefficient (Wildman–Crippen LogP) is 1.26. The van der Waals surface area contributed by atoms with Crippen molar-refractivity contribution in [3.63, 3.8) is 0 Å². The summed E-state index contributed by atoms with van der Waals surface area (Å²) in [6.45, 7) is 1.09. The van der Waals surface area contributed by atoms with Gasteiger partial charge in [-0.1, -0.05) is 11.6 Å². The van der Waals surface area contributed by atoms with Gasteiger partial charge in [-0.3, -0.25) is 4.79 Å². The maximum absolute atomic E-state index is 12.7. The third-order valence-electron chi connectivity index (χ3n) is 3.53. The van der Waals surface area contributed by atoms with E-state index in [-0.39, 0.29) is 10.8 Å². The van der Waals surface area contributed by atoms with Gasteiger partial charge in [0, 0.05) is 25.2 Å². The molecule has 1 fully saturated rings. The average Bonchev–Trinajstić information content (AvgIpc) is 2.98. The van der Waals surface area contributed by atoms with Gasteiger partial charge in [0.1, 0.15) is 6.04 Å². The maximum atomic E-state index is 12.7. The fourth-order valence-corrected chi connectivity index (χ4v) is 4.21. The molecule has 6 nitrogen and oxygen atoms in total. The average molecular weight is 347 g/mol. The summed E-state index contributed by atoms with van der Waals surface area (Å²) < 4.78 is 31.5. The first-order valence-electron chi connectivity index (χ1n) is 7.01. The largest absolute Gasteiger partial charge is 0.383 e. The first kappa shape index (κ1) is 17.2. The number of nitrogens with zero attached hydrogens (tertiary/aromatic N) is 1. The van der Waals surface area contributed by atoms with Gasteiger partial charge in [0.2, 0.25) is 15.9 Å². The van der Waals surface area contributed by atoms with Crippen molar-refractivity contribution in [3.8, 4) is 0 Å². The molecular weight excluding hydrogens is 328 g/mol. The topological polar surface area (TPSA) is 75.7 Å². The number of methoxy groups -OCH3 is 1. The molecule has 1 amide bonds. The normalized spacial score (nSPS) is 19.3. The van der Waals surface area contributed by atoms with E-state index >= 15 is 0 Å². The van der Waals surface area contributed by atoms with E-state index in [1.807, 2.05) is 0 Å². The molecule has 1 aliphatic rings. The highest BCUT2D eigenvalue weighted by Crippen LogP contribution is 2.26. The summed E-state index contributed by atoms with van der Waals surface area (Å²) in [5.41, 5.74) is 0.